The number of hydrogen-bond donors (Lipinski definition) is 1. The van der Waals surface area contributed by atoms with Crippen molar-refractivity contribution in [1.82, 2.24) is 4.90 Å². The number of likely N-dealkylation sites (tertiary alicyclic amines) is 1. The third kappa shape index (κ3) is 4.26. The average Bonchev–Trinajstić information content (AvgIpc) is 2.97. The van der Waals surface area contributed by atoms with E-state index in [9.17, 15) is 14.3 Å². The number of benzene rings is 2. The second-order valence-electron chi connectivity index (χ2n) is 6.32. The number of amides is 1. The van der Waals surface area contributed by atoms with Crippen LogP contribution in [0.15, 0.2) is 42.5 Å². The summed E-state index contributed by atoms with van der Waals surface area (Å²) in [5.74, 6) is 0.257. The van der Waals surface area contributed by atoms with Crippen molar-refractivity contribution in [2.24, 2.45) is 5.92 Å². The highest BCUT2D eigenvalue weighted by atomic mass is 35.5. The maximum atomic E-state index is 13.4. The Morgan fingerprint density at radius 1 is 1.21 bits per heavy atom. The normalized spacial score (nSPS) is 17.2. The molecule has 3 nitrogen and oxygen atoms in total. The number of phenols is 1. The lowest BCUT2D eigenvalue weighted by Crippen LogP contribution is -2.30. The number of hydrogen-bond acceptors (Lipinski definition) is 2. The largest absolute Gasteiger partial charge is 0.508 e. The Balaban J connectivity index is 1.56. The van der Waals surface area contributed by atoms with Gasteiger partial charge in [0.05, 0.1) is 6.42 Å². The number of phenolic OH excluding ortho intramolecular Hbond substituents is 1. The van der Waals surface area contributed by atoms with E-state index in [1.54, 1.807) is 18.2 Å². The predicted octanol–water partition coefficient (Wildman–Crippen LogP) is 3.82. The van der Waals surface area contributed by atoms with E-state index in [1.165, 1.54) is 12.1 Å². The van der Waals surface area contributed by atoms with Gasteiger partial charge in [-0.25, -0.2) is 4.39 Å². The summed E-state index contributed by atoms with van der Waals surface area (Å²) in [4.78, 5) is 14.2. The molecule has 0 bridgehead atoms. The number of carbonyl (C=O) groups is 1. The van der Waals surface area contributed by atoms with Gasteiger partial charge in [0.15, 0.2) is 0 Å². The van der Waals surface area contributed by atoms with Gasteiger partial charge < -0.3 is 10.0 Å². The second-order valence-corrected chi connectivity index (χ2v) is 6.76. The molecular weight excluding hydrogens is 329 g/mol. The molecule has 1 amide bonds. The van der Waals surface area contributed by atoms with E-state index < -0.39 is 5.82 Å². The van der Waals surface area contributed by atoms with Gasteiger partial charge in [0.25, 0.3) is 0 Å². The van der Waals surface area contributed by atoms with Crippen molar-refractivity contribution >= 4 is 17.5 Å². The summed E-state index contributed by atoms with van der Waals surface area (Å²) < 4.78 is 13.4. The highest BCUT2D eigenvalue weighted by Crippen LogP contribution is 2.23. The molecule has 1 N–H and O–H groups in total. The van der Waals surface area contributed by atoms with Crippen LogP contribution in [0.1, 0.15) is 17.5 Å². The Bertz CT molecular complexity index is 712. The molecule has 5 heteroatoms. The lowest BCUT2D eigenvalue weighted by molar-refractivity contribution is -0.129. The molecule has 1 aliphatic heterocycles. The smallest absolute Gasteiger partial charge is 0.227 e. The fourth-order valence-electron chi connectivity index (χ4n) is 3.19. The van der Waals surface area contributed by atoms with Gasteiger partial charge in [-0.3, -0.25) is 4.79 Å². The highest BCUT2D eigenvalue weighted by molar-refractivity contribution is 6.30. The van der Waals surface area contributed by atoms with Crippen molar-refractivity contribution in [3.63, 3.8) is 0 Å². The molecule has 2 aromatic rings. The molecule has 0 aromatic heterocycles. The molecule has 1 heterocycles. The van der Waals surface area contributed by atoms with Crippen LogP contribution in [-0.2, 0) is 17.6 Å². The first kappa shape index (κ1) is 16.8. The summed E-state index contributed by atoms with van der Waals surface area (Å²) in [5, 5.41) is 9.63. The van der Waals surface area contributed by atoms with Gasteiger partial charge in [0, 0.05) is 18.1 Å². The zero-order chi connectivity index (χ0) is 17.1. The molecule has 1 fully saturated rings. The van der Waals surface area contributed by atoms with Gasteiger partial charge in [-0.1, -0.05) is 23.7 Å². The van der Waals surface area contributed by atoms with Crippen LogP contribution in [0.2, 0.25) is 5.02 Å². The first-order valence-corrected chi connectivity index (χ1v) is 8.38. The van der Waals surface area contributed by atoms with Gasteiger partial charge in [-0.15, -0.1) is 0 Å². The van der Waals surface area contributed by atoms with Crippen LogP contribution in [0.5, 0.6) is 5.75 Å². The minimum absolute atomic E-state index is 0.00451. The third-order valence-corrected chi connectivity index (χ3v) is 4.60. The van der Waals surface area contributed by atoms with Crippen LogP contribution in [0.3, 0.4) is 0 Å². The van der Waals surface area contributed by atoms with Crippen molar-refractivity contribution in [1.29, 1.82) is 0 Å². The van der Waals surface area contributed by atoms with Crippen LogP contribution in [0.4, 0.5) is 4.39 Å². The molecule has 0 saturated carbocycles. The molecular formula is C19H19ClFNO2. The zero-order valence-electron chi connectivity index (χ0n) is 13.2. The second kappa shape index (κ2) is 7.22. The first-order chi connectivity index (χ1) is 11.5. The summed E-state index contributed by atoms with van der Waals surface area (Å²) in [7, 11) is 0. The molecule has 126 valence electrons. The highest BCUT2D eigenvalue weighted by Gasteiger charge is 2.26. The summed E-state index contributed by atoms with van der Waals surface area (Å²) in [6.07, 6.45) is 2.01. The van der Waals surface area contributed by atoms with Crippen molar-refractivity contribution < 1.29 is 14.3 Å². The van der Waals surface area contributed by atoms with E-state index in [0.717, 1.165) is 24.9 Å². The van der Waals surface area contributed by atoms with Crippen LogP contribution in [0, 0.1) is 11.7 Å². The monoisotopic (exact) mass is 347 g/mol. The Labute approximate surface area is 145 Å². The Morgan fingerprint density at radius 3 is 2.67 bits per heavy atom. The maximum Gasteiger partial charge on any atom is 0.227 e. The van der Waals surface area contributed by atoms with E-state index in [4.69, 9.17) is 11.6 Å². The van der Waals surface area contributed by atoms with Crippen LogP contribution >= 0.6 is 11.6 Å². The average molecular weight is 348 g/mol. The van der Waals surface area contributed by atoms with Gasteiger partial charge in [0.2, 0.25) is 5.91 Å². The fraction of sp³-hybridized carbons (Fsp3) is 0.316. The number of rotatable bonds is 4. The summed E-state index contributed by atoms with van der Waals surface area (Å²) in [6.45, 7) is 1.44. The molecule has 2 aromatic carbocycles. The lowest BCUT2D eigenvalue weighted by atomic mass is 9.99. The molecule has 3 rings (SSSR count). The minimum Gasteiger partial charge on any atom is -0.508 e. The quantitative estimate of drug-likeness (QED) is 0.913. The number of aromatic hydroxyl groups is 1. The van der Waals surface area contributed by atoms with Crippen LogP contribution in [0.25, 0.3) is 0 Å². The van der Waals surface area contributed by atoms with Crippen molar-refractivity contribution in [2.75, 3.05) is 13.1 Å². The summed E-state index contributed by atoms with van der Waals surface area (Å²) in [5.41, 5.74) is 1.76. The van der Waals surface area contributed by atoms with E-state index in [0.29, 0.717) is 23.0 Å². The molecule has 0 radical (unpaired) electrons. The Hall–Kier alpha value is -2.07. The standard InChI is InChI=1S/C19H19ClFNO2/c20-16-8-15(9-17(21)11-16)10-19(24)22-6-5-14(12-22)7-13-1-3-18(23)4-2-13/h1-4,8-9,11,14,23H,5-7,10,12H2. The topological polar surface area (TPSA) is 40.5 Å². The molecule has 24 heavy (non-hydrogen) atoms. The van der Waals surface area contributed by atoms with E-state index >= 15 is 0 Å². The molecule has 0 aliphatic carbocycles. The molecule has 0 spiro atoms. The number of carbonyl (C=O) groups excluding carboxylic acids is 1. The van der Waals surface area contributed by atoms with Gasteiger partial charge in [-0.2, -0.15) is 0 Å². The zero-order valence-corrected chi connectivity index (χ0v) is 14.0. The molecule has 1 unspecified atom stereocenters. The molecule has 1 atom stereocenters. The van der Waals surface area contributed by atoms with E-state index in [-0.39, 0.29) is 18.1 Å². The van der Waals surface area contributed by atoms with Crippen molar-refractivity contribution in [3.05, 3.63) is 64.4 Å². The van der Waals surface area contributed by atoms with E-state index in [1.807, 2.05) is 17.0 Å². The molecule has 1 aliphatic rings. The Morgan fingerprint density at radius 2 is 1.96 bits per heavy atom. The van der Waals surface area contributed by atoms with Gasteiger partial charge >= 0.3 is 0 Å². The van der Waals surface area contributed by atoms with Crippen molar-refractivity contribution in [2.45, 2.75) is 19.3 Å². The first-order valence-electron chi connectivity index (χ1n) is 8.00. The summed E-state index contributed by atoms with van der Waals surface area (Å²) in [6, 6.07) is 11.4. The minimum atomic E-state index is -0.420. The lowest BCUT2D eigenvalue weighted by Gasteiger charge is -2.17. The van der Waals surface area contributed by atoms with Gasteiger partial charge in [0.1, 0.15) is 11.6 Å². The fourth-order valence-corrected chi connectivity index (χ4v) is 3.43. The number of halogens is 2. The Kier molecular flexibility index (Phi) is 5.05. The maximum absolute atomic E-state index is 13.4. The van der Waals surface area contributed by atoms with Crippen LogP contribution in [-0.4, -0.2) is 29.0 Å². The molecule has 1 saturated heterocycles. The summed E-state index contributed by atoms with van der Waals surface area (Å²) >= 11 is 5.84. The van der Waals surface area contributed by atoms with Gasteiger partial charge in [-0.05, 0) is 60.2 Å². The van der Waals surface area contributed by atoms with E-state index in [2.05, 4.69) is 0 Å². The SMILES string of the molecule is O=C(Cc1cc(F)cc(Cl)c1)N1CCC(Cc2ccc(O)cc2)C1. The third-order valence-electron chi connectivity index (χ3n) is 4.38. The predicted molar refractivity (Wildman–Crippen MR) is 91.6 cm³/mol. The van der Waals surface area contributed by atoms with Crippen molar-refractivity contribution in [3.8, 4) is 5.75 Å². The number of nitrogens with zero attached hydrogens (tertiary/aromatic N) is 1. The van der Waals surface area contributed by atoms with Crippen LogP contribution < -0.4 is 0 Å².